The monoisotopic (exact) mass is 199 g/mol. The molecule has 0 saturated carbocycles. The Labute approximate surface area is 78.5 Å². The number of nitrogens with one attached hydrogen (secondary N) is 1. The third-order valence-electron chi connectivity index (χ3n) is 1.43. The van der Waals surface area contributed by atoms with Crippen LogP contribution in [0.1, 0.15) is 6.92 Å². The minimum atomic E-state index is -0.931. The van der Waals surface area contributed by atoms with Crippen molar-refractivity contribution in [3.63, 3.8) is 0 Å². The van der Waals surface area contributed by atoms with Gasteiger partial charge in [0.15, 0.2) is 11.4 Å². The van der Waals surface area contributed by atoms with Crippen molar-refractivity contribution in [1.29, 1.82) is 0 Å². The molecule has 0 aliphatic heterocycles. The topological polar surface area (TPSA) is 118 Å². The Morgan fingerprint density at radius 3 is 2.93 bits per heavy atom. The van der Waals surface area contributed by atoms with E-state index in [0.717, 1.165) is 6.20 Å². The Balaban J connectivity index is 2.97. The molecule has 1 amide bonds. The summed E-state index contributed by atoms with van der Waals surface area (Å²) in [6, 6.07) is -0.790. The van der Waals surface area contributed by atoms with Gasteiger partial charge >= 0.3 is 5.63 Å². The standard InChI is InChI=1S/C7H9N3O4/c1-3(8)6(12)10-5-4(11)2-9-14-7(5)13/h2-3,11H,8H2,1H3,(H,10,12)/t3-/m0/s1. The molecule has 7 heteroatoms. The van der Waals surface area contributed by atoms with Crippen LogP contribution in [0.25, 0.3) is 0 Å². The van der Waals surface area contributed by atoms with E-state index in [1.807, 2.05) is 0 Å². The van der Waals surface area contributed by atoms with E-state index >= 15 is 0 Å². The number of carbonyl (C=O) groups excluding carboxylic acids is 1. The van der Waals surface area contributed by atoms with E-state index in [4.69, 9.17) is 10.8 Å². The van der Waals surface area contributed by atoms with Gasteiger partial charge in [-0.05, 0) is 6.92 Å². The number of rotatable bonds is 2. The molecule has 0 aliphatic carbocycles. The SMILES string of the molecule is C[C@H](N)C(=O)Nc1c(O)cnoc1=O. The van der Waals surface area contributed by atoms with Crippen molar-refractivity contribution in [2.45, 2.75) is 13.0 Å². The first kappa shape index (κ1) is 10.2. The highest BCUT2D eigenvalue weighted by atomic mass is 16.5. The van der Waals surface area contributed by atoms with Gasteiger partial charge in [0.25, 0.3) is 0 Å². The summed E-state index contributed by atoms with van der Waals surface area (Å²) in [6.45, 7) is 1.44. The molecule has 1 rings (SSSR count). The highest BCUT2D eigenvalue weighted by Gasteiger charge is 2.14. The first-order valence-corrected chi connectivity index (χ1v) is 3.76. The molecule has 0 aliphatic rings. The minimum Gasteiger partial charge on any atom is -0.504 e. The summed E-state index contributed by atoms with van der Waals surface area (Å²) in [7, 11) is 0. The summed E-state index contributed by atoms with van der Waals surface area (Å²) in [5.41, 5.74) is 3.95. The van der Waals surface area contributed by atoms with Crippen LogP contribution >= 0.6 is 0 Å². The predicted octanol–water partition coefficient (Wildman–Crippen LogP) is -0.974. The van der Waals surface area contributed by atoms with Crippen molar-refractivity contribution in [3.05, 3.63) is 16.6 Å². The van der Waals surface area contributed by atoms with Gasteiger partial charge in [-0.1, -0.05) is 5.16 Å². The first-order valence-electron chi connectivity index (χ1n) is 3.76. The lowest BCUT2D eigenvalue weighted by atomic mass is 10.3. The van der Waals surface area contributed by atoms with Crippen molar-refractivity contribution in [1.82, 2.24) is 5.16 Å². The fourth-order valence-corrected chi connectivity index (χ4v) is 0.691. The Bertz CT molecular complexity index is 398. The lowest BCUT2D eigenvalue weighted by Gasteiger charge is -2.06. The normalized spacial score (nSPS) is 12.1. The van der Waals surface area contributed by atoms with E-state index in [2.05, 4.69) is 15.0 Å². The second kappa shape index (κ2) is 3.88. The number of nitrogens with two attached hydrogens (primary N) is 1. The lowest BCUT2D eigenvalue weighted by Crippen LogP contribution is -2.34. The summed E-state index contributed by atoms with van der Waals surface area (Å²) >= 11 is 0. The van der Waals surface area contributed by atoms with Crippen molar-refractivity contribution in [3.8, 4) is 5.75 Å². The van der Waals surface area contributed by atoms with Crippen LogP contribution in [0.4, 0.5) is 5.69 Å². The molecule has 1 heterocycles. The number of aromatic nitrogens is 1. The van der Waals surface area contributed by atoms with Crippen molar-refractivity contribution in [2.75, 3.05) is 5.32 Å². The fourth-order valence-electron chi connectivity index (χ4n) is 0.691. The molecular formula is C7H9N3O4. The van der Waals surface area contributed by atoms with Crippen molar-refractivity contribution < 1.29 is 14.4 Å². The van der Waals surface area contributed by atoms with Gasteiger partial charge < -0.3 is 20.7 Å². The van der Waals surface area contributed by atoms with E-state index in [-0.39, 0.29) is 5.69 Å². The van der Waals surface area contributed by atoms with Crippen LogP contribution in [-0.2, 0) is 4.79 Å². The fraction of sp³-hybridized carbons (Fsp3) is 0.286. The highest BCUT2D eigenvalue weighted by molar-refractivity contribution is 5.95. The predicted molar refractivity (Wildman–Crippen MR) is 46.7 cm³/mol. The maximum atomic E-state index is 11.1. The van der Waals surface area contributed by atoms with Crippen LogP contribution < -0.4 is 16.7 Å². The molecule has 4 N–H and O–H groups in total. The van der Waals surface area contributed by atoms with Crippen LogP contribution in [0.3, 0.4) is 0 Å². The van der Waals surface area contributed by atoms with Gasteiger partial charge in [-0.2, -0.15) is 0 Å². The Kier molecular flexibility index (Phi) is 2.82. The van der Waals surface area contributed by atoms with E-state index < -0.39 is 23.3 Å². The molecule has 0 radical (unpaired) electrons. The van der Waals surface area contributed by atoms with Gasteiger partial charge in [-0.3, -0.25) is 4.79 Å². The summed E-state index contributed by atoms with van der Waals surface area (Å²) in [5.74, 6) is -1.06. The van der Waals surface area contributed by atoms with Gasteiger partial charge in [-0.25, -0.2) is 4.79 Å². The number of aromatic hydroxyl groups is 1. The summed E-state index contributed by atoms with van der Waals surface area (Å²) in [4.78, 5) is 22.0. The minimum absolute atomic E-state index is 0.359. The molecule has 0 aromatic carbocycles. The zero-order chi connectivity index (χ0) is 10.7. The molecule has 0 spiro atoms. The van der Waals surface area contributed by atoms with E-state index in [1.165, 1.54) is 6.92 Å². The van der Waals surface area contributed by atoms with Gasteiger partial charge in [0.05, 0.1) is 6.04 Å². The Morgan fingerprint density at radius 1 is 1.79 bits per heavy atom. The zero-order valence-electron chi connectivity index (χ0n) is 7.35. The van der Waals surface area contributed by atoms with Gasteiger partial charge in [-0.15, -0.1) is 0 Å². The molecule has 0 bridgehead atoms. The maximum Gasteiger partial charge on any atom is 0.385 e. The molecule has 76 valence electrons. The third kappa shape index (κ3) is 2.07. The molecule has 1 aromatic heterocycles. The van der Waals surface area contributed by atoms with Crippen LogP contribution in [0.2, 0.25) is 0 Å². The third-order valence-corrected chi connectivity index (χ3v) is 1.43. The number of hydrogen-bond acceptors (Lipinski definition) is 6. The first-order chi connectivity index (χ1) is 6.52. The summed E-state index contributed by atoms with van der Waals surface area (Å²) in [6.07, 6.45) is 0.901. The van der Waals surface area contributed by atoms with Crippen molar-refractivity contribution >= 4 is 11.6 Å². The molecule has 0 fully saturated rings. The lowest BCUT2D eigenvalue weighted by molar-refractivity contribution is -0.117. The molecule has 0 saturated heterocycles. The van der Waals surface area contributed by atoms with E-state index in [1.54, 1.807) is 0 Å². The van der Waals surface area contributed by atoms with Crippen LogP contribution in [-0.4, -0.2) is 22.2 Å². The Morgan fingerprint density at radius 2 is 2.43 bits per heavy atom. The molecule has 7 nitrogen and oxygen atoms in total. The second-order valence-electron chi connectivity index (χ2n) is 2.65. The van der Waals surface area contributed by atoms with Gasteiger partial charge in [0.1, 0.15) is 6.20 Å². The Hall–Kier alpha value is -1.89. The molecule has 0 unspecified atom stereocenters. The van der Waals surface area contributed by atoms with Gasteiger partial charge in [0.2, 0.25) is 5.91 Å². The van der Waals surface area contributed by atoms with Gasteiger partial charge in [0, 0.05) is 0 Å². The smallest absolute Gasteiger partial charge is 0.385 e. The molecule has 1 atom stereocenters. The highest BCUT2D eigenvalue weighted by Crippen LogP contribution is 2.15. The quantitative estimate of drug-likeness (QED) is 0.563. The van der Waals surface area contributed by atoms with E-state index in [0.29, 0.717) is 0 Å². The summed E-state index contributed by atoms with van der Waals surface area (Å²) < 4.78 is 4.20. The maximum absolute atomic E-state index is 11.1. The number of hydrogen-bond donors (Lipinski definition) is 3. The largest absolute Gasteiger partial charge is 0.504 e. The molecule has 1 aromatic rings. The number of anilines is 1. The van der Waals surface area contributed by atoms with E-state index in [9.17, 15) is 9.59 Å². The van der Waals surface area contributed by atoms with Crippen molar-refractivity contribution in [2.24, 2.45) is 5.73 Å². The molecule has 14 heavy (non-hydrogen) atoms. The average molecular weight is 199 g/mol. The average Bonchev–Trinajstić information content (AvgIpc) is 2.11. The summed E-state index contributed by atoms with van der Waals surface area (Å²) in [5, 5.41) is 14.3. The zero-order valence-corrected chi connectivity index (χ0v) is 7.35. The molecular weight excluding hydrogens is 190 g/mol. The van der Waals surface area contributed by atoms with Crippen LogP contribution in [0.5, 0.6) is 5.75 Å². The number of amides is 1. The van der Waals surface area contributed by atoms with Crippen LogP contribution in [0.15, 0.2) is 15.5 Å². The number of carbonyl (C=O) groups is 1. The van der Waals surface area contributed by atoms with Crippen LogP contribution in [0, 0.1) is 0 Å². The second-order valence-corrected chi connectivity index (χ2v) is 2.65. The number of nitrogens with zero attached hydrogens (tertiary/aromatic N) is 1.